The van der Waals surface area contributed by atoms with Crippen molar-refractivity contribution in [3.8, 4) is 11.1 Å². The van der Waals surface area contributed by atoms with Gasteiger partial charge in [-0.25, -0.2) is 22.8 Å². The van der Waals surface area contributed by atoms with Gasteiger partial charge in [-0.3, -0.25) is 4.68 Å². The lowest BCUT2D eigenvalue weighted by Crippen LogP contribution is -2.22. The summed E-state index contributed by atoms with van der Waals surface area (Å²) in [5.41, 5.74) is 6.44. The second-order valence-corrected chi connectivity index (χ2v) is 12.3. The fourth-order valence-electron chi connectivity index (χ4n) is 4.76. The number of hydrogen-bond acceptors (Lipinski definition) is 7. The topological polar surface area (TPSA) is 118 Å². The molecule has 41 heavy (non-hydrogen) atoms. The van der Waals surface area contributed by atoms with Gasteiger partial charge in [-0.05, 0) is 65.2 Å². The number of benzene rings is 3. The van der Waals surface area contributed by atoms with E-state index in [1.165, 1.54) is 24.7 Å². The Bertz CT molecular complexity index is 1970. The van der Waals surface area contributed by atoms with Crippen molar-refractivity contribution in [2.45, 2.75) is 13.1 Å². The summed E-state index contributed by atoms with van der Waals surface area (Å²) in [7, 11) is -2.99. The van der Waals surface area contributed by atoms with Crippen molar-refractivity contribution in [1.82, 2.24) is 30.0 Å². The number of hydrogen-bond donors (Lipinski definition) is 3. The molecule has 3 aromatic heterocycles. The Balaban J connectivity index is 1.21. The molecule has 0 aliphatic carbocycles. The zero-order valence-electron chi connectivity index (χ0n) is 22.3. The quantitative estimate of drug-likeness (QED) is 0.198. The summed E-state index contributed by atoms with van der Waals surface area (Å²) in [6.07, 6.45) is 6.50. The highest BCUT2D eigenvalue weighted by Crippen LogP contribution is 2.30. The summed E-state index contributed by atoms with van der Waals surface area (Å²) >= 11 is 0. The molecule has 3 aromatic carbocycles. The molecule has 0 aliphatic rings. The van der Waals surface area contributed by atoms with Gasteiger partial charge in [0.2, 0.25) is 0 Å². The highest BCUT2D eigenvalue weighted by Gasteiger charge is 2.11. The Hall–Kier alpha value is -4.61. The van der Waals surface area contributed by atoms with Gasteiger partial charge in [0.15, 0.2) is 0 Å². The van der Waals surface area contributed by atoms with Crippen LogP contribution in [0.1, 0.15) is 11.3 Å². The largest absolute Gasteiger partial charge is 0.363 e. The molecule has 0 bridgehead atoms. The number of halogens is 1. The summed E-state index contributed by atoms with van der Waals surface area (Å²) < 4.78 is 38.1. The molecule has 9 nitrogen and oxygen atoms in total. The van der Waals surface area contributed by atoms with E-state index in [0.29, 0.717) is 25.5 Å². The monoisotopic (exact) mass is 569 g/mol. The summed E-state index contributed by atoms with van der Waals surface area (Å²) in [4.78, 5) is 12.2. The number of rotatable bonds is 10. The highest BCUT2D eigenvalue weighted by molar-refractivity contribution is 7.90. The first-order valence-electron chi connectivity index (χ1n) is 13.1. The molecule has 3 heterocycles. The van der Waals surface area contributed by atoms with Crippen molar-refractivity contribution in [3.63, 3.8) is 0 Å². The molecule has 6 rings (SSSR count). The number of nitrogens with zero attached hydrogens (tertiary/aromatic N) is 4. The van der Waals surface area contributed by atoms with Gasteiger partial charge in [0, 0.05) is 47.7 Å². The van der Waals surface area contributed by atoms with Crippen molar-refractivity contribution in [3.05, 3.63) is 103 Å². The van der Waals surface area contributed by atoms with Crippen LogP contribution in [0, 0.1) is 5.82 Å². The van der Waals surface area contributed by atoms with Crippen molar-refractivity contribution >= 4 is 43.1 Å². The van der Waals surface area contributed by atoms with Crippen LogP contribution in [0.25, 0.3) is 32.9 Å². The zero-order chi connectivity index (χ0) is 28.4. The van der Waals surface area contributed by atoms with Crippen LogP contribution in [-0.2, 0) is 22.9 Å². The zero-order valence-corrected chi connectivity index (χ0v) is 23.1. The Morgan fingerprint density at radius 2 is 1.90 bits per heavy atom. The van der Waals surface area contributed by atoms with Gasteiger partial charge in [0.25, 0.3) is 0 Å². The molecule has 0 radical (unpaired) electrons. The van der Waals surface area contributed by atoms with Gasteiger partial charge in [-0.15, -0.1) is 0 Å². The second kappa shape index (κ2) is 11.1. The molecule has 0 saturated heterocycles. The lowest BCUT2D eigenvalue weighted by atomic mass is 10.1. The van der Waals surface area contributed by atoms with Crippen molar-refractivity contribution in [2.75, 3.05) is 23.9 Å². The molecule has 6 aromatic rings. The van der Waals surface area contributed by atoms with E-state index in [0.717, 1.165) is 49.9 Å². The molecule has 0 atom stereocenters. The Morgan fingerprint density at radius 3 is 2.76 bits per heavy atom. The molecule has 0 aliphatic heterocycles. The first kappa shape index (κ1) is 26.6. The molecule has 208 valence electrons. The van der Waals surface area contributed by atoms with Gasteiger partial charge < -0.3 is 15.6 Å². The van der Waals surface area contributed by atoms with E-state index in [2.05, 4.69) is 36.8 Å². The minimum atomic E-state index is -2.99. The predicted octanol–water partition coefficient (Wildman–Crippen LogP) is 5.04. The summed E-state index contributed by atoms with van der Waals surface area (Å²) in [5.74, 6) is 0.522. The minimum Gasteiger partial charge on any atom is -0.363 e. The first-order valence-corrected chi connectivity index (χ1v) is 15.1. The molecule has 0 spiro atoms. The molecular formula is C30H28FN7O2S. The van der Waals surface area contributed by atoms with Gasteiger partial charge in [-0.2, -0.15) is 5.10 Å². The molecule has 0 fully saturated rings. The van der Waals surface area contributed by atoms with E-state index < -0.39 is 9.84 Å². The van der Waals surface area contributed by atoms with E-state index in [-0.39, 0.29) is 11.6 Å². The number of anilines is 2. The summed E-state index contributed by atoms with van der Waals surface area (Å²) in [6, 6.07) is 20.6. The number of aromatic nitrogens is 5. The van der Waals surface area contributed by atoms with Gasteiger partial charge in [0.1, 0.15) is 27.8 Å². The van der Waals surface area contributed by atoms with Crippen LogP contribution < -0.4 is 10.6 Å². The van der Waals surface area contributed by atoms with E-state index in [9.17, 15) is 12.8 Å². The maximum absolute atomic E-state index is 13.6. The fourth-order valence-corrected chi connectivity index (χ4v) is 5.28. The number of nitrogens with one attached hydrogen (secondary N) is 3. The predicted molar refractivity (Wildman–Crippen MR) is 159 cm³/mol. The van der Waals surface area contributed by atoms with E-state index in [4.69, 9.17) is 0 Å². The Labute approximate surface area is 236 Å². The highest BCUT2D eigenvalue weighted by atomic mass is 32.2. The van der Waals surface area contributed by atoms with Crippen LogP contribution in [0.2, 0.25) is 0 Å². The van der Waals surface area contributed by atoms with Crippen molar-refractivity contribution in [2.24, 2.45) is 0 Å². The third-order valence-electron chi connectivity index (χ3n) is 6.80. The lowest BCUT2D eigenvalue weighted by Gasteiger charge is -2.10. The Kier molecular flexibility index (Phi) is 7.21. The van der Waals surface area contributed by atoms with Gasteiger partial charge in [0.05, 0.1) is 29.5 Å². The van der Waals surface area contributed by atoms with Crippen LogP contribution in [-0.4, -0.2) is 51.7 Å². The number of H-pyrrole nitrogens is 1. The molecular weight excluding hydrogens is 541 g/mol. The van der Waals surface area contributed by atoms with E-state index in [1.54, 1.807) is 12.3 Å². The molecule has 0 saturated carbocycles. The maximum Gasteiger partial charge on any atom is 0.148 e. The average molecular weight is 570 g/mol. The van der Waals surface area contributed by atoms with Crippen LogP contribution in [0.4, 0.5) is 15.9 Å². The first-order chi connectivity index (χ1) is 19.8. The third-order valence-corrected chi connectivity index (χ3v) is 7.75. The molecule has 0 unspecified atom stereocenters. The van der Waals surface area contributed by atoms with Crippen LogP contribution >= 0.6 is 0 Å². The standard InChI is InChI=1S/C30H28FN7O2S/c1-41(39,40)10-9-32-17-26-12-22(15-33-26)21-5-7-28-27(14-21)30(35-19-34-28)37-25-6-8-29-23(13-25)16-36-38(29)18-20-3-2-4-24(31)11-20/h2-8,11-16,19,32-33H,9-10,17-18H2,1H3,(H,34,35,37). The van der Waals surface area contributed by atoms with Crippen molar-refractivity contribution < 1.29 is 12.8 Å². The van der Waals surface area contributed by atoms with Crippen LogP contribution in [0.5, 0.6) is 0 Å². The minimum absolute atomic E-state index is 0.102. The smallest absolute Gasteiger partial charge is 0.148 e. The molecule has 3 N–H and O–H groups in total. The van der Waals surface area contributed by atoms with Gasteiger partial charge >= 0.3 is 0 Å². The second-order valence-electron chi connectivity index (χ2n) is 10.0. The van der Waals surface area contributed by atoms with Crippen LogP contribution in [0.3, 0.4) is 0 Å². The third kappa shape index (κ3) is 6.26. The average Bonchev–Trinajstić information content (AvgIpc) is 3.58. The number of fused-ring (bicyclic) bond motifs is 2. The summed E-state index contributed by atoms with van der Waals surface area (Å²) in [5, 5.41) is 12.9. The number of sulfone groups is 1. The van der Waals surface area contributed by atoms with E-state index >= 15 is 0 Å². The normalized spacial score (nSPS) is 11.9. The molecule has 11 heteroatoms. The Morgan fingerprint density at radius 1 is 1.00 bits per heavy atom. The van der Waals surface area contributed by atoms with Crippen LogP contribution in [0.15, 0.2) is 85.5 Å². The van der Waals surface area contributed by atoms with E-state index in [1.807, 2.05) is 53.3 Å². The SMILES string of the molecule is CS(=O)(=O)CCNCc1cc(-c2ccc3ncnc(Nc4ccc5c(cnn5Cc5cccc(F)c5)c4)c3c2)c[nH]1. The number of aromatic amines is 1. The van der Waals surface area contributed by atoms with Gasteiger partial charge in [-0.1, -0.05) is 18.2 Å². The van der Waals surface area contributed by atoms with Crippen molar-refractivity contribution in [1.29, 1.82) is 0 Å². The fraction of sp³-hybridized carbons (Fsp3) is 0.167. The molecule has 0 amide bonds. The maximum atomic E-state index is 13.6. The lowest BCUT2D eigenvalue weighted by molar-refractivity contribution is 0.596. The summed E-state index contributed by atoms with van der Waals surface area (Å²) in [6.45, 7) is 1.42.